The Morgan fingerprint density at radius 1 is 1.35 bits per heavy atom. The number of amides is 1. The van der Waals surface area contributed by atoms with Crippen LogP contribution in [0.3, 0.4) is 0 Å². The third kappa shape index (κ3) is 4.87. The first-order chi connectivity index (χ1) is 8.11. The third-order valence-corrected chi connectivity index (χ3v) is 2.14. The summed E-state index contributed by atoms with van der Waals surface area (Å²) in [5.74, 6) is -0.198. The van der Waals surface area contributed by atoms with E-state index < -0.39 is 0 Å². The van der Waals surface area contributed by atoms with Gasteiger partial charge in [-0.1, -0.05) is 17.3 Å². The lowest BCUT2D eigenvalue weighted by Crippen LogP contribution is -2.30. The lowest BCUT2D eigenvalue weighted by molar-refractivity contribution is -0.119. The van der Waals surface area contributed by atoms with Crippen molar-refractivity contribution in [3.05, 3.63) is 29.8 Å². The van der Waals surface area contributed by atoms with Crippen LogP contribution in [-0.2, 0) is 11.2 Å². The summed E-state index contributed by atoms with van der Waals surface area (Å²) in [4.78, 5) is 11.2. The fourth-order valence-corrected chi connectivity index (χ4v) is 1.27. The molecule has 0 aromatic heterocycles. The topological polar surface area (TPSA) is 108 Å². The van der Waals surface area contributed by atoms with Crippen molar-refractivity contribution in [1.29, 1.82) is 0 Å². The van der Waals surface area contributed by atoms with Gasteiger partial charge in [0.25, 0.3) is 0 Å². The Morgan fingerprint density at radius 2 is 2.00 bits per heavy atom. The SMILES string of the molecule is NC(CC(=O)NCCc1ccc(O)cc1)=NO. The molecule has 0 saturated heterocycles. The number of amidine groups is 1. The Labute approximate surface area is 98.7 Å². The van der Waals surface area contributed by atoms with E-state index in [1.165, 1.54) is 0 Å². The number of hydrogen-bond acceptors (Lipinski definition) is 4. The smallest absolute Gasteiger partial charge is 0.227 e. The molecule has 0 unspecified atom stereocenters. The van der Waals surface area contributed by atoms with Crippen molar-refractivity contribution in [2.45, 2.75) is 12.8 Å². The van der Waals surface area contributed by atoms with Gasteiger partial charge in [0.1, 0.15) is 11.6 Å². The van der Waals surface area contributed by atoms with Gasteiger partial charge in [-0.25, -0.2) is 0 Å². The number of rotatable bonds is 5. The highest BCUT2D eigenvalue weighted by atomic mass is 16.4. The lowest BCUT2D eigenvalue weighted by atomic mass is 10.1. The average molecular weight is 237 g/mol. The zero-order chi connectivity index (χ0) is 12.7. The number of phenols is 1. The van der Waals surface area contributed by atoms with Crippen LogP contribution < -0.4 is 11.1 Å². The summed E-state index contributed by atoms with van der Waals surface area (Å²) in [6.45, 7) is 0.461. The highest BCUT2D eigenvalue weighted by molar-refractivity contribution is 5.98. The Hall–Kier alpha value is -2.24. The predicted molar refractivity (Wildman–Crippen MR) is 62.8 cm³/mol. The Bertz CT molecular complexity index is 401. The summed E-state index contributed by atoms with van der Waals surface area (Å²) < 4.78 is 0. The number of benzene rings is 1. The van der Waals surface area contributed by atoms with Gasteiger partial charge in [0, 0.05) is 6.54 Å². The van der Waals surface area contributed by atoms with Crippen LogP contribution in [0.25, 0.3) is 0 Å². The monoisotopic (exact) mass is 237 g/mol. The van der Waals surface area contributed by atoms with Gasteiger partial charge in [-0.2, -0.15) is 0 Å². The highest BCUT2D eigenvalue weighted by Gasteiger charge is 2.03. The Kier molecular flexibility index (Phi) is 4.80. The quantitative estimate of drug-likeness (QED) is 0.254. The molecule has 6 heteroatoms. The van der Waals surface area contributed by atoms with Gasteiger partial charge in [0.2, 0.25) is 5.91 Å². The number of phenolic OH excluding ortho intramolecular Hbond substituents is 1. The van der Waals surface area contributed by atoms with Crippen molar-refractivity contribution in [2.24, 2.45) is 10.9 Å². The van der Waals surface area contributed by atoms with Crippen molar-refractivity contribution in [3.63, 3.8) is 0 Å². The predicted octanol–water partition coefficient (Wildman–Crippen LogP) is 0.187. The Balaban J connectivity index is 2.28. The third-order valence-electron chi connectivity index (χ3n) is 2.14. The molecule has 0 saturated carbocycles. The van der Waals surface area contributed by atoms with Crippen LogP contribution in [0.2, 0.25) is 0 Å². The molecule has 0 spiro atoms. The zero-order valence-corrected chi connectivity index (χ0v) is 9.26. The molecule has 0 fully saturated rings. The standard InChI is InChI=1S/C11H15N3O3/c12-10(14-17)7-11(16)13-6-5-8-1-3-9(15)4-2-8/h1-4,15,17H,5-7H2,(H2,12,14)(H,13,16). The van der Waals surface area contributed by atoms with E-state index in [0.717, 1.165) is 5.56 Å². The molecule has 1 rings (SSSR count). The molecule has 6 nitrogen and oxygen atoms in total. The van der Waals surface area contributed by atoms with Crippen LogP contribution in [0.5, 0.6) is 5.75 Å². The largest absolute Gasteiger partial charge is 0.508 e. The number of oxime groups is 1. The number of carbonyl (C=O) groups excluding carboxylic acids is 1. The first-order valence-electron chi connectivity index (χ1n) is 5.13. The summed E-state index contributed by atoms with van der Waals surface area (Å²) in [6.07, 6.45) is 0.536. The number of nitrogens with two attached hydrogens (primary N) is 1. The molecular weight excluding hydrogens is 222 g/mol. The maximum absolute atomic E-state index is 11.2. The average Bonchev–Trinajstić information content (AvgIpc) is 2.31. The van der Waals surface area contributed by atoms with Gasteiger partial charge < -0.3 is 21.4 Å². The molecule has 1 aromatic carbocycles. The number of aromatic hydroxyl groups is 1. The van der Waals surface area contributed by atoms with Crippen molar-refractivity contribution in [3.8, 4) is 5.75 Å². The molecule has 1 aromatic rings. The molecule has 0 aliphatic heterocycles. The molecule has 5 N–H and O–H groups in total. The van der Waals surface area contributed by atoms with E-state index in [1.54, 1.807) is 24.3 Å². The second kappa shape index (κ2) is 6.37. The minimum atomic E-state index is -0.293. The van der Waals surface area contributed by atoms with E-state index in [2.05, 4.69) is 10.5 Å². The van der Waals surface area contributed by atoms with Crippen molar-refractivity contribution < 1.29 is 15.1 Å². The van der Waals surface area contributed by atoms with Gasteiger partial charge >= 0.3 is 0 Å². The molecule has 0 aliphatic carbocycles. The second-order valence-corrected chi connectivity index (χ2v) is 3.53. The Morgan fingerprint density at radius 3 is 2.59 bits per heavy atom. The second-order valence-electron chi connectivity index (χ2n) is 3.53. The minimum Gasteiger partial charge on any atom is -0.508 e. The molecular formula is C11H15N3O3. The molecule has 0 atom stereocenters. The van der Waals surface area contributed by atoms with E-state index in [0.29, 0.717) is 13.0 Å². The van der Waals surface area contributed by atoms with E-state index in [1.807, 2.05) is 0 Å². The van der Waals surface area contributed by atoms with Crippen molar-refractivity contribution in [2.75, 3.05) is 6.54 Å². The summed E-state index contributed by atoms with van der Waals surface area (Å²) >= 11 is 0. The van der Waals surface area contributed by atoms with E-state index in [9.17, 15) is 4.79 Å². The number of carbonyl (C=O) groups is 1. The number of hydrogen-bond donors (Lipinski definition) is 4. The molecule has 1 amide bonds. The lowest BCUT2D eigenvalue weighted by Gasteiger charge is -2.04. The van der Waals surface area contributed by atoms with Crippen LogP contribution in [0, 0.1) is 0 Å². The van der Waals surface area contributed by atoms with Gasteiger partial charge in [-0.3, -0.25) is 4.79 Å². The van der Waals surface area contributed by atoms with Crippen LogP contribution in [0.4, 0.5) is 0 Å². The fraction of sp³-hybridized carbons (Fsp3) is 0.273. The molecule has 0 bridgehead atoms. The molecule has 0 aliphatic rings. The van der Waals surface area contributed by atoms with Crippen molar-refractivity contribution in [1.82, 2.24) is 5.32 Å². The molecule has 0 heterocycles. The van der Waals surface area contributed by atoms with E-state index in [4.69, 9.17) is 16.0 Å². The van der Waals surface area contributed by atoms with Gasteiger partial charge in [0.05, 0.1) is 6.42 Å². The van der Waals surface area contributed by atoms with Crippen LogP contribution in [-0.4, -0.2) is 28.6 Å². The van der Waals surface area contributed by atoms with Crippen molar-refractivity contribution >= 4 is 11.7 Å². The summed E-state index contributed by atoms with van der Waals surface area (Å²) in [6, 6.07) is 6.75. The van der Waals surface area contributed by atoms with Gasteiger partial charge in [0.15, 0.2) is 0 Å². The van der Waals surface area contributed by atoms with Crippen LogP contribution >= 0.6 is 0 Å². The number of nitrogens with one attached hydrogen (secondary N) is 1. The first kappa shape index (κ1) is 12.8. The summed E-state index contributed by atoms with van der Waals surface area (Å²) in [7, 11) is 0. The fourth-order valence-electron chi connectivity index (χ4n) is 1.27. The maximum atomic E-state index is 11.2. The summed E-state index contributed by atoms with van der Waals surface area (Å²) in [5.41, 5.74) is 6.19. The zero-order valence-electron chi connectivity index (χ0n) is 9.26. The molecule has 17 heavy (non-hydrogen) atoms. The molecule has 0 radical (unpaired) electrons. The van der Waals surface area contributed by atoms with Crippen LogP contribution in [0.15, 0.2) is 29.4 Å². The maximum Gasteiger partial charge on any atom is 0.227 e. The van der Waals surface area contributed by atoms with E-state index >= 15 is 0 Å². The normalized spacial score (nSPS) is 11.2. The highest BCUT2D eigenvalue weighted by Crippen LogP contribution is 2.09. The molecule has 92 valence electrons. The summed E-state index contributed by atoms with van der Waals surface area (Å²) in [5, 5.41) is 22.7. The van der Waals surface area contributed by atoms with Gasteiger partial charge in [-0.15, -0.1) is 0 Å². The minimum absolute atomic E-state index is 0.118. The van der Waals surface area contributed by atoms with Gasteiger partial charge in [-0.05, 0) is 24.1 Å². The van der Waals surface area contributed by atoms with Crippen LogP contribution in [0.1, 0.15) is 12.0 Å². The van der Waals surface area contributed by atoms with E-state index in [-0.39, 0.29) is 23.9 Å². The first-order valence-corrected chi connectivity index (χ1v) is 5.13. The number of nitrogens with zero attached hydrogens (tertiary/aromatic N) is 1.